The molecule has 2 aromatic rings. The van der Waals surface area contributed by atoms with Crippen LogP contribution in [0.3, 0.4) is 0 Å². The molecule has 0 unspecified atom stereocenters. The largest absolute Gasteiger partial charge is 0.372 e. The number of pyridine rings is 1. The number of hydrogen-bond acceptors (Lipinski definition) is 2. The van der Waals surface area contributed by atoms with Crippen LogP contribution in [-0.2, 0) is 11.3 Å². The van der Waals surface area contributed by atoms with Gasteiger partial charge in [-0.25, -0.2) is 4.57 Å². The Labute approximate surface area is 145 Å². The van der Waals surface area contributed by atoms with Crippen molar-refractivity contribution in [1.29, 1.82) is 0 Å². The Bertz CT molecular complexity index is 607. The smallest absolute Gasteiger partial charge is 0.224 e. The van der Waals surface area contributed by atoms with E-state index in [0.29, 0.717) is 6.42 Å². The monoisotopic (exact) mass is 326 g/mol. The lowest BCUT2D eigenvalue weighted by molar-refractivity contribution is -0.697. The zero-order chi connectivity index (χ0) is 17.2. The molecule has 1 N–H and O–H groups in total. The van der Waals surface area contributed by atoms with Crippen LogP contribution in [0.25, 0.3) is 0 Å². The number of nitrogens with zero attached hydrogens (tertiary/aromatic N) is 2. The second kappa shape index (κ2) is 9.71. The number of carbonyl (C=O) groups is 1. The van der Waals surface area contributed by atoms with Gasteiger partial charge in [0.15, 0.2) is 12.4 Å². The molecule has 4 heteroatoms. The second-order valence-electron chi connectivity index (χ2n) is 5.84. The van der Waals surface area contributed by atoms with E-state index >= 15 is 0 Å². The standard InChI is InChI=1S/C20H27N3O/c1-3-23(4-2)19-13-11-18(12-14-19)21-20(24)10-6-9-17-22-15-7-5-8-16-22/h5,7-8,11-16H,3-4,6,9-10,17H2,1-2H3/p+1. The molecule has 1 aromatic heterocycles. The number of rotatable bonds is 9. The van der Waals surface area contributed by atoms with Crippen molar-refractivity contribution in [3.8, 4) is 0 Å². The minimum atomic E-state index is 0.0867. The summed E-state index contributed by atoms with van der Waals surface area (Å²) in [4.78, 5) is 14.3. The SMILES string of the molecule is CCN(CC)c1ccc(NC(=O)CCCC[n+]2ccccc2)cc1. The van der Waals surface area contributed by atoms with Gasteiger partial charge in [0.2, 0.25) is 5.91 Å². The first-order valence-electron chi connectivity index (χ1n) is 8.82. The van der Waals surface area contributed by atoms with E-state index in [1.165, 1.54) is 5.69 Å². The van der Waals surface area contributed by atoms with Crippen molar-refractivity contribution in [1.82, 2.24) is 0 Å². The van der Waals surface area contributed by atoms with Gasteiger partial charge in [0.25, 0.3) is 0 Å². The summed E-state index contributed by atoms with van der Waals surface area (Å²) in [7, 11) is 0. The lowest BCUT2D eigenvalue weighted by Gasteiger charge is -2.21. The number of aryl methyl sites for hydroxylation is 1. The molecule has 0 spiro atoms. The van der Waals surface area contributed by atoms with Gasteiger partial charge < -0.3 is 10.2 Å². The van der Waals surface area contributed by atoms with Crippen molar-refractivity contribution < 1.29 is 9.36 Å². The second-order valence-corrected chi connectivity index (χ2v) is 5.84. The van der Waals surface area contributed by atoms with Gasteiger partial charge in [0, 0.05) is 49.4 Å². The molecule has 1 heterocycles. The summed E-state index contributed by atoms with van der Waals surface area (Å²) >= 11 is 0. The van der Waals surface area contributed by atoms with E-state index in [0.717, 1.165) is 38.2 Å². The Hall–Kier alpha value is -2.36. The predicted molar refractivity (Wildman–Crippen MR) is 99.1 cm³/mol. The zero-order valence-electron chi connectivity index (χ0n) is 14.7. The fraction of sp³-hybridized carbons (Fsp3) is 0.400. The summed E-state index contributed by atoms with van der Waals surface area (Å²) in [5.41, 5.74) is 2.06. The summed E-state index contributed by atoms with van der Waals surface area (Å²) < 4.78 is 2.14. The normalized spacial score (nSPS) is 10.4. The van der Waals surface area contributed by atoms with E-state index in [1.54, 1.807) is 0 Å². The van der Waals surface area contributed by atoms with Crippen LogP contribution in [0.4, 0.5) is 11.4 Å². The quantitative estimate of drug-likeness (QED) is 0.564. The van der Waals surface area contributed by atoms with Gasteiger partial charge in [0.05, 0.1) is 0 Å². The van der Waals surface area contributed by atoms with Crippen molar-refractivity contribution in [2.24, 2.45) is 0 Å². The van der Waals surface area contributed by atoms with E-state index < -0.39 is 0 Å². The van der Waals surface area contributed by atoms with Crippen LogP contribution < -0.4 is 14.8 Å². The van der Waals surface area contributed by atoms with Gasteiger partial charge in [-0.1, -0.05) is 6.07 Å². The number of anilines is 2. The summed E-state index contributed by atoms with van der Waals surface area (Å²) in [5.74, 6) is 0.0867. The van der Waals surface area contributed by atoms with E-state index in [2.05, 4.69) is 53.2 Å². The summed E-state index contributed by atoms with van der Waals surface area (Å²) in [6, 6.07) is 14.1. The van der Waals surface area contributed by atoms with E-state index in [-0.39, 0.29) is 5.91 Å². The topological polar surface area (TPSA) is 36.2 Å². The Kier molecular flexibility index (Phi) is 7.27. The molecular weight excluding hydrogens is 298 g/mol. The number of benzene rings is 1. The number of hydrogen-bond donors (Lipinski definition) is 1. The van der Waals surface area contributed by atoms with Crippen LogP contribution in [0.1, 0.15) is 33.1 Å². The Morgan fingerprint density at radius 2 is 1.67 bits per heavy atom. The molecule has 1 aromatic carbocycles. The number of amides is 1. The average molecular weight is 326 g/mol. The number of nitrogens with one attached hydrogen (secondary N) is 1. The molecule has 0 bridgehead atoms. The molecule has 0 atom stereocenters. The third-order valence-electron chi connectivity index (χ3n) is 4.13. The van der Waals surface area contributed by atoms with Gasteiger partial charge >= 0.3 is 0 Å². The van der Waals surface area contributed by atoms with E-state index in [9.17, 15) is 4.79 Å². The van der Waals surface area contributed by atoms with Gasteiger partial charge in [-0.05, 0) is 44.5 Å². The summed E-state index contributed by atoms with van der Waals surface area (Å²) in [5, 5.41) is 2.98. The first-order chi connectivity index (χ1) is 11.7. The van der Waals surface area contributed by atoms with Gasteiger partial charge in [-0.15, -0.1) is 0 Å². The summed E-state index contributed by atoms with van der Waals surface area (Å²) in [6.07, 6.45) is 6.56. The first-order valence-corrected chi connectivity index (χ1v) is 8.82. The highest BCUT2D eigenvalue weighted by Crippen LogP contribution is 2.17. The molecule has 24 heavy (non-hydrogen) atoms. The molecule has 0 aliphatic rings. The number of unbranched alkanes of at least 4 members (excludes halogenated alkanes) is 1. The summed E-state index contributed by atoms with van der Waals surface area (Å²) in [6.45, 7) is 7.22. The fourth-order valence-electron chi connectivity index (χ4n) is 2.73. The van der Waals surface area contributed by atoms with Crippen molar-refractivity contribution in [2.75, 3.05) is 23.3 Å². The molecule has 0 fully saturated rings. The van der Waals surface area contributed by atoms with Crippen LogP contribution in [0.2, 0.25) is 0 Å². The molecule has 0 aliphatic heterocycles. The lowest BCUT2D eigenvalue weighted by Crippen LogP contribution is -2.32. The van der Waals surface area contributed by atoms with E-state index in [1.807, 2.05) is 30.3 Å². The third-order valence-corrected chi connectivity index (χ3v) is 4.13. The van der Waals surface area contributed by atoms with Crippen LogP contribution in [0.15, 0.2) is 54.9 Å². The Balaban J connectivity index is 1.72. The highest BCUT2D eigenvalue weighted by molar-refractivity contribution is 5.90. The first kappa shape index (κ1) is 18.0. The fourth-order valence-corrected chi connectivity index (χ4v) is 2.73. The van der Waals surface area contributed by atoms with Gasteiger partial charge in [0.1, 0.15) is 6.54 Å². The Morgan fingerprint density at radius 1 is 1.00 bits per heavy atom. The molecule has 4 nitrogen and oxygen atoms in total. The highest BCUT2D eigenvalue weighted by atomic mass is 16.1. The maximum Gasteiger partial charge on any atom is 0.224 e. The number of aromatic nitrogens is 1. The minimum Gasteiger partial charge on any atom is -0.372 e. The van der Waals surface area contributed by atoms with Gasteiger partial charge in [-0.2, -0.15) is 0 Å². The van der Waals surface area contributed by atoms with Crippen LogP contribution in [0, 0.1) is 0 Å². The zero-order valence-corrected chi connectivity index (χ0v) is 14.7. The van der Waals surface area contributed by atoms with Crippen LogP contribution in [-0.4, -0.2) is 19.0 Å². The van der Waals surface area contributed by atoms with Crippen molar-refractivity contribution >= 4 is 17.3 Å². The molecule has 0 radical (unpaired) electrons. The van der Waals surface area contributed by atoms with Crippen LogP contribution >= 0.6 is 0 Å². The highest BCUT2D eigenvalue weighted by Gasteiger charge is 2.05. The molecular formula is C20H28N3O+. The van der Waals surface area contributed by atoms with Crippen LogP contribution in [0.5, 0.6) is 0 Å². The van der Waals surface area contributed by atoms with Crippen molar-refractivity contribution in [2.45, 2.75) is 39.7 Å². The Morgan fingerprint density at radius 3 is 2.29 bits per heavy atom. The molecule has 2 rings (SSSR count). The van der Waals surface area contributed by atoms with E-state index in [4.69, 9.17) is 0 Å². The molecule has 1 amide bonds. The maximum atomic E-state index is 12.0. The van der Waals surface area contributed by atoms with Gasteiger partial charge in [-0.3, -0.25) is 4.79 Å². The van der Waals surface area contributed by atoms with Crippen molar-refractivity contribution in [3.05, 3.63) is 54.9 Å². The average Bonchev–Trinajstić information content (AvgIpc) is 2.62. The van der Waals surface area contributed by atoms with Crippen molar-refractivity contribution in [3.63, 3.8) is 0 Å². The number of carbonyl (C=O) groups excluding carboxylic acids is 1. The third kappa shape index (κ3) is 5.69. The molecule has 0 saturated carbocycles. The minimum absolute atomic E-state index is 0.0867. The predicted octanol–water partition coefficient (Wildman–Crippen LogP) is 3.63. The molecule has 0 saturated heterocycles. The lowest BCUT2D eigenvalue weighted by atomic mass is 10.2. The molecule has 0 aliphatic carbocycles. The molecule has 128 valence electrons. The maximum absolute atomic E-state index is 12.0.